The van der Waals surface area contributed by atoms with Crippen molar-refractivity contribution in [2.75, 3.05) is 6.61 Å². The number of ether oxygens (including phenoxy) is 1. The van der Waals surface area contributed by atoms with E-state index in [1.807, 2.05) is 78.9 Å². The van der Waals surface area contributed by atoms with Gasteiger partial charge in [-0.1, -0.05) is 78.9 Å². The lowest BCUT2D eigenvalue weighted by molar-refractivity contribution is 0.168. The number of para-hydroxylation sites is 1. The minimum atomic E-state index is -0.578. The van der Waals surface area contributed by atoms with Crippen LogP contribution in [0.15, 0.2) is 91.0 Å². The van der Waals surface area contributed by atoms with Crippen molar-refractivity contribution >= 4 is 6.08 Å². The number of rotatable bonds is 10. The zero-order chi connectivity index (χ0) is 20.3. The summed E-state index contributed by atoms with van der Waals surface area (Å²) in [6.45, 7) is 0.452. The Hall–Kier alpha value is -2.88. The summed E-state index contributed by atoms with van der Waals surface area (Å²) in [5, 5.41) is 20.7. The zero-order valence-corrected chi connectivity index (χ0v) is 16.5. The maximum absolute atomic E-state index is 10.5. The summed E-state index contributed by atoms with van der Waals surface area (Å²) >= 11 is 0. The Bertz CT molecular complexity index is 875. The van der Waals surface area contributed by atoms with Gasteiger partial charge in [0.2, 0.25) is 0 Å². The van der Waals surface area contributed by atoms with Crippen molar-refractivity contribution in [3.05, 3.63) is 108 Å². The first-order chi connectivity index (χ1) is 14.2. The molecular formula is C26H28O3. The average molecular weight is 389 g/mol. The smallest absolute Gasteiger partial charge is 0.119 e. The fourth-order valence-electron chi connectivity index (χ4n) is 3.12. The molecule has 3 aromatic rings. The van der Waals surface area contributed by atoms with Crippen LogP contribution in [0.1, 0.15) is 35.6 Å². The third-order valence-corrected chi connectivity index (χ3v) is 4.78. The normalized spacial score (nSPS) is 13.3. The second-order valence-corrected chi connectivity index (χ2v) is 7.09. The second-order valence-electron chi connectivity index (χ2n) is 7.09. The predicted octanol–water partition coefficient (Wildman–Crippen LogP) is 5.20. The Morgan fingerprint density at radius 1 is 0.793 bits per heavy atom. The molecule has 3 heteroatoms. The van der Waals surface area contributed by atoms with Gasteiger partial charge in [0, 0.05) is 6.42 Å². The Kier molecular flexibility index (Phi) is 8.05. The third-order valence-electron chi connectivity index (χ3n) is 4.78. The van der Waals surface area contributed by atoms with Gasteiger partial charge in [-0.05, 0) is 47.7 Å². The number of aryl methyl sites for hydroxylation is 1. The first kappa shape index (κ1) is 20.8. The highest BCUT2D eigenvalue weighted by molar-refractivity contribution is 5.51. The minimum Gasteiger partial charge on any atom is -0.493 e. The monoisotopic (exact) mass is 388 g/mol. The van der Waals surface area contributed by atoms with E-state index in [1.54, 1.807) is 6.08 Å². The van der Waals surface area contributed by atoms with Crippen LogP contribution in [0.4, 0.5) is 0 Å². The fourth-order valence-corrected chi connectivity index (χ4v) is 3.12. The van der Waals surface area contributed by atoms with Gasteiger partial charge in [0.25, 0.3) is 0 Å². The summed E-state index contributed by atoms with van der Waals surface area (Å²) in [5.41, 5.74) is 3.08. The Balaban J connectivity index is 1.47. The van der Waals surface area contributed by atoms with Gasteiger partial charge in [-0.15, -0.1) is 0 Å². The summed E-state index contributed by atoms with van der Waals surface area (Å²) in [6.07, 6.45) is 4.60. The van der Waals surface area contributed by atoms with Crippen LogP contribution in [0.5, 0.6) is 5.75 Å². The second kappa shape index (κ2) is 11.2. The molecule has 0 aliphatic rings. The Morgan fingerprint density at radius 2 is 1.52 bits per heavy atom. The van der Waals surface area contributed by atoms with E-state index in [1.165, 1.54) is 5.56 Å². The highest BCUT2D eigenvalue weighted by Crippen LogP contribution is 2.21. The van der Waals surface area contributed by atoms with E-state index < -0.39 is 12.2 Å². The molecule has 150 valence electrons. The van der Waals surface area contributed by atoms with Crippen molar-refractivity contribution in [1.82, 2.24) is 0 Å². The summed E-state index contributed by atoms with van der Waals surface area (Å²) in [4.78, 5) is 0. The molecule has 0 aliphatic heterocycles. The van der Waals surface area contributed by atoms with Crippen LogP contribution >= 0.6 is 0 Å². The first-order valence-electron chi connectivity index (χ1n) is 10.1. The topological polar surface area (TPSA) is 49.7 Å². The lowest BCUT2D eigenvalue weighted by Gasteiger charge is -2.12. The van der Waals surface area contributed by atoms with Gasteiger partial charge in [0.05, 0.1) is 18.8 Å². The van der Waals surface area contributed by atoms with Crippen molar-refractivity contribution < 1.29 is 14.9 Å². The van der Waals surface area contributed by atoms with Crippen LogP contribution in [-0.4, -0.2) is 22.9 Å². The largest absolute Gasteiger partial charge is 0.493 e. The standard InChI is InChI=1S/C26H28O3/c27-24(18-19-29-25-12-5-2-6-13-25)16-14-22-10-7-11-23(20-22)26(28)17-15-21-8-3-1-4-9-21/h1-14,16,20,24,26-28H,15,17-19H2/b16-14+/t24-,26?/m0/s1. The van der Waals surface area contributed by atoms with Crippen molar-refractivity contribution in [1.29, 1.82) is 0 Å². The summed E-state index contributed by atoms with van der Waals surface area (Å²) in [7, 11) is 0. The molecule has 0 heterocycles. The van der Waals surface area contributed by atoms with Crippen molar-refractivity contribution in [2.45, 2.75) is 31.5 Å². The third kappa shape index (κ3) is 7.22. The summed E-state index contributed by atoms with van der Waals surface area (Å²) < 4.78 is 5.62. The van der Waals surface area contributed by atoms with Crippen LogP contribution in [0, 0.1) is 0 Å². The molecule has 0 spiro atoms. The van der Waals surface area contributed by atoms with E-state index in [-0.39, 0.29) is 0 Å². The molecule has 0 aromatic heterocycles. The SMILES string of the molecule is OC(CCc1ccccc1)c1cccc(/C=C/[C@H](O)CCOc2ccccc2)c1. The zero-order valence-electron chi connectivity index (χ0n) is 16.5. The van der Waals surface area contributed by atoms with E-state index in [4.69, 9.17) is 4.74 Å². The number of hydrogen-bond donors (Lipinski definition) is 2. The van der Waals surface area contributed by atoms with Gasteiger partial charge in [-0.2, -0.15) is 0 Å². The molecule has 0 saturated heterocycles. The van der Waals surface area contributed by atoms with E-state index >= 15 is 0 Å². The highest BCUT2D eigenvalue weighted by atomic mass is 16.5. The molecule has 0 bridgehead atoms. The van der Waals surface area contributed by atoms with E-state index in [0.29, 0.717) is 19.4 Å². The number of aliphatic hydroxyl groups is 2. The molecule has 3 aromatic carbocycles. The molecule has 0 saturated carbocycles. The minimum absolute atomic E-state index is 0.452. The van der Waals surface area contributed by atoms with Crippen LogP contribution in [0.25, 0.3) is 6.08 Å². The average Bonchev–Trinajstić information content (AvgIpc) is 2.78. The maximum atomic E-state index is 10.5. The van der Waals surface area contributed by atoms with E-state index in [0.717, 1.165) is 23.3 Å². The van der Waals surface area contributed by atoms with Crippen LogP contribution < -0.4 is 4.74 Å². The van der Waals surface area contributed by atoms with Crippen molar-refractivity contribution in [3.8, 4) is 5.75 Å². The quantitative estimate of drug-likeness (QED) is 0.502. The van der Waals surface area contributed by atoms with Gasteiger partial charge in [-0.25, -0.2) is 0 Å². The number of hydrogen-bond acceptors (Lipinski definition) is 3. The Morgan fingerprint density at radius 3 is 2.28 bits per heavy atom. The Labute approximate surface area is 172 Å². The van der Waals surface area contributed by atoms with E-state index in [9.17, 15) is 10.2 Å². The van der Waals surface area contributed by atoms with E-state index in [2.05, 4.69) is 12.1 Å². The van der Waals surface area contributed by atoms with Crippen LogP contribution in [-0.2, 0) is 6.42 Å². The molecule has 2 atom stereocenters. The molecule has 0 aliphatic carbocycles. The molecule has 3 rings (SSSR count). The number of benzene rings is 3. The lowest BCUT2D eigenvalue weighted by Crippen LogP contribution is -2.09. The highest BCUT2D eigenvalue weighted by Gasteiger charge is 2.08. The predicted molar refractivity (Wildman–Crippen MR) is 118 cm³/mol. The molecule has 3 nitrogen and oxygen atoms in total. The number of aliphatic hydroxyl groups excluding tert-OH is 2. The van der Waals surface area contributed by atoms with Crippen LogP contribution in [0.3, 0.4) is 0 Å². The van der Waals surface area contributed by atoms with Gasteiger partial charge < -0.3 is 14.9 Å². The molecule has 0 fully saturated rings. The van der Waals surface area contributed by atoms with Crippen molar-refractivity contribution in [3.63, 3.8) is 0 Å². The summed E-state index contributed by atoms with van der Waals surface area (Å²) in [6, 6.07) is 27.6. The van der Waals surface area contributed by atoms with Gasteiger partial charge in [-0.3, -0.25) is 0 Å². The lowest BCUT2D eigenvalue weighted by atomic mass is 9.99. The molecule has 1 unspecified atom stereocenters. The van der Waals surface area contributed by atoms with Gasteiger partial charge in [0.1, 0.15) is 5.75 Å². The molecular weight excluding hydrogens is 360 g/mol. The first-order valence-corrected chi connectivity index (χ1v) is 10.1. The molecule has 0 amide bonds. The molecule has 2 N–H and O–H groups in total. The van der Waals surface area contributed by atoms with Crippen LogP contribution in [0.2, 0.25) is 0 Å². The fraction of sp³-hybridized carbons (Fsp3) is 0.231. The van der Waals surface area contributed by atoms with Crippen molar-refractivity contribution in [2.24, 2.45) is 0 Å². The maximum Gasteiger partial charge on any atom is 0.119 e. The molecule has 29 heavy (non-hydrogen) atoms. The molecule has 0 radical (unpaired) electrons. The van der Waals surface area contributed by atoms with Gasteiger partial charge >= 0.3 is 0 Å². The van der Waals surface area contributed by atoms with Gasteiger partial charge in [0.15, 0.2) is 0 Å². The summed E-state index contributed by atoms with van der Waals surface area (Å²) in [5.74, 6) is 0.806.